The minimum Gasteiger partial charge on any atom is -0.459 e. The molecule has 0 radical (unpaired) electrons. The Balaban J connectivity index is 1.47. The topological polar surface area (TPSA) is 57.8 Å². The number of hydrogen-bond acceptors (Lipinski definition) is 4. The average molecular weight is 297 g/mol. The molecule has 0 spiro atoms. The van der Waals surface area contributed by atoms with Crippen LogP contribution < -0.4 is 5.43 Å². The van der Waals surface area contributed by atoms with Gasteiger partial charge >= 0.3 is 5.91 Å². The smallest absolute Gasteiger partial charge is 0.307 e. The molecule has 5 nitrogen and oxygen atoms in total. The highest BCUT2D eigenvalue weighted by atomic mass is 16.3. The molecule has 3 rings (SSSR count). The van der Waals surface area contributed by atoms with Gasteiger partial charge in [-0.2, -0.15) is 5.10 Å². The van der Waals surface area contributed by atoms with Crippen LogP contribution >= 0.6 is 0 Å². The predicted molar refractivity (Wildman–Crippen MR) is 84.6 cm³/mol. The minimum atomic E-state index is -0.302. The highest BCUT2D eigenvalue weighted by molar-refractivity contribution is 5.93. The molecule has 114 valence electrons. The van der Waals surface area contributed by atoms with E-state index < -0.39 is 0 Å². The lowest BCUT2D eigenvalue weighted by molar-refractivity contribution is 0.0926. The molecule has 1 N–H and O–H groups in total. The molecule has 0 aliphatic carbocycles. The van der Waals surface area contributed by atoms with Crippen LogP contribution in [0.4, 0.5) is 0 Å². The van der Waals surface area contributed by atoms with Crippen LogP contribution in [-0.4, -0.2) is 29.6 Å². The van der Waals surface area contributed by atoms with Crippen LogP contribution in [0.2, 0.25) is 0 Å². The Kier molecular flexibility index (Phi) is 4.65. The number of nitrogens with one attached hydrogen (secondary N) is 1. The van der Waals surface area contributed by atoms with Gasteiger partial charge in [0.15, 0.2) is 5.76 Å². The summed E-state index contributed by atoms with van der Waals surface area (Å²) in [6, 6.07) is 13.8. The minimum absolute atomic E-state index is 0.283. The summed E-state index contributed by atoms with van der Waals surface area (Å²) in [6.45, 7) is 2.89. The lowest BCUT2D eigenvalue weighted by atomic mass is 10.1. The van der Waals surface area contributed by atoms with E-state index in [1.807, 2.05) is 6.07 Å². The molecule has 1 saturated heterocycles. The Bertz CT molecular complexity index is 625. The van der Waals surface area contributed by atoms with Crippen molar-refractivity contribution in [3.8, 4) is 0 Å². The molecule has 1 aromatic carbocycles. The molecule has 1 fully saturated rings. The molecule has 0 saturated carbocycles. The van der Waals surface area contributed by atoms with Crippen LogP contribution in [0.15, 0.2) is 58.2 Å². The highest BCUT2D eigenvalue weighted by Gasteiger charge is 2.16. The van der Waals surface area contributed by atoms with Crippen LogP contribution in [0.5, 0.6) is 0 Å². The Morgan fingerprint density at radius 1 is 1.14 bits per heavy atom. The summed E-state index contributed by atoms with van der Waals surface area (Å²) in [7, 11) is 0. The van der Waals surface area contributed by atoms with E-state index in [9.17, 15) is 4.79 Å². The third-order valence-corrected chi connectivity index (χ3v) is 3.74. The molecule has 1 aliphatic heterocycles. The van der Waals surface area contributed by atoms with E-state index in [-0.39, 0.29) is 11.7 Å². The fourth-order valence-electron chi connectivity index (χ4n) is 2.52. The summed E-state index contributed by atoms with van der Waals surface area (Å²) in [5.74, 6) is -0.0184. The van der Waals surface area contributed by atoms with Gasteiger partial charge in [0, 0.05) is 38.2 Å². The Hall–Kier alpha value is -2.40. The van der Waals surface area contributed by atoms with Crippen LogP contribution in [0.25, 0.3) is 0 Å². The monoisotopic (exact) mass is 297 g/mol. The largest absolute Gasteiger partial charge is 0.459 e. The highest BCUT2D eigenvalue weighted by Crippen LogP contribution is 2.11. The molecule has 0 unspecified atom stereocenters. The first-order chi connectivity index (χ1) is 10.8. The van der Waals surface area contributed by atoms with Gasteiger partial charge in [0.1, 0.15) is 0 Å². The van der Waals surface area contributed by atoms with Crippen molar-refractivity contribution in [2.45, 2.75) is 19.4 Å². The molecule has 2 heterocycles. The number of rotatable bonds is 4. The lowest BCUT2D eigenvalue weighted by Gasteiger charge is -2.27. The van der Waals surface area contributed by atoms with E-state index in [1.54, 1.807) is 12.1 Å². The van der Waals surface area contributed by atoms with E-state index in [2.05, 4.69) is 39.7 Å². The average Bonchev–Trinajstić information content (AvgIpc) is 3.09. The van der Waals surface area contributed by atoms with E-state index in [1.165, 1.54) is 11.8 Å². The second-order valence-electron chi connectivity index (χ2n) is 5.36. The van der Waals surface area contributed by atoms with Crippen LogP contribution in [0.3, 0.4) is 0 Å². The standard InChI is InChI=1S/C17H19N3O2/c21-17(16-7-4-12-22-16)19-18-15-8-10-20(11-9-15)13-14-5-2-1-3-6-14/h1-7,12H,8-11,13H2,(H,19,21). The molecule has 0 atom stereocenters. The maximum absolute atomic E-state index is 11.7. The Morgan fingerprint density at radius 2 is 1.91 bits per heavy atom. The molecule has 1 aliphatic rings. The van der Waals surface area contributed by atoms with Crippen molar-refractivity contribution in [3.05, 3.63) is 60.1 Å². The second kappa shape index (κ2) is 7.04. The molecule has 2 aromatic rings. The predicted octanol–water partition coefficient (Wildman–Crippen LogP) is 2.66. The molecule has 0 bridgehead atoms. The number of likely N-dealkylation sites (tertiary alicyclic amines) is 1. The van der Waals surface area contributed by atoms with Crippen molar-refractivity contribution >= 4 is 11.6 Å². The van der Waals surface area contributed by atoms with Gasteiger partial charge in [-0.3, -0.25) is 9.69 Å². The van der Waals surface area contributed by atoms with Gasteiger partial charge in [-0.15, -0.1) is 0 Å². The van der Waals surface area contributed by atoms with Crippen LogP contribution in [0, 0.1) is 0 Å². The molecule has 1 amide bonds. The molecule has 22 heavy (non-hydrogen) atoms. The summed E-state index contributed by atoms with van der Waals surface area (Å²) < 4.78 is 5.03. The Morgan fingerprint density at radius 3 is 2.59 bits per heavy atom. The van der Waals surface area contributed by atoms with Gasteiger partial charge in [0.25, 0.3) is 0 Å². The third kappa shape index (κ3) is 3.83. The van der Waals surface area contributed by atoms with E-state index in [4.69, 9.17) is 4.42 Å². The number of piperidine rings is 1. The molecule has 1 aromatic heterocycles. The van der Waals surface area contributed by atoms with Gasteiger partial charge in [-0.05, 0) is 17.7 Å². The van der Waals surface area contributed by atoms with Crippen molar-refractivity contribution in [3.63, 3.8) is 0 Å². The van der Waals surface area contributed by atoms with Gasteiger partial charge in [0.2, 0.25) is 0 Å². The van der Waals surface area contributed by atoms with Crippen molar-refractivity contribution in [1.29, 1.82) is 0 Å². The van der Waals surface area contributed by atoms with Crippen molar-refractivity contribution < 1.29 is 9.21 Å². The second-order valence-corrected chi connectivity index (χ2v) is 5.36. The number of carbonyl (C=O) groups is 1. The van der Waals surface area contributed by atoms with Crippen LogP contribution in [0.1, 0.15) is 29.0 Å². The zero-order chi connectivity index (χ0) is 15.2. The van der Waals surface area contributed by atoms with Gasteiger partial charge < -0.3 is 4.42 Å². The zero-order valence-electron chi connectivity index (χ0n) is 12.4. The fraction of sp³-hybridized carbons (Fsp3) is 0.294. The summed E-state index contributed by atoms with van der Waals surface area (Å²) >= 11 is 0. The van der Waals surface area contributed by atoms with Gasteiger partial charge in [-0.1, -0.05) is 30.3 Å². The summed E-state index contributed by atoms with van der Waals surface area (Å²) in [6.07, 6.45) is 3.24. The summed E-state index contributed by atoms with van der Waals surface area (Å²) in [4.78, 5) is 14.1. The summed E-state index contributed by atoms with van der Waals surface area (Å²) in [5.41, 5.74) is 4.92. The SMILES string of the molecule is O=C(NN=C1CCN(Cc2ccccc2)CC1)c1ccco1. The first-order valence-electron chi connectivity index (χ1n) is 7.47. The first-order valence-corrected chi connectivity index (χ1v) is 7.47. The zero-order valence-corrected chi connectivity index (χ0v) is 12.4. The number of carbonyl (C=O) groups excluding carboxylic acids is 1. The maximum Gasteiger partial charge on any atom is 0.307 e. The molecule has 5 heteroatoms. The van der Waals surface area contributed by atoms with Gasteiger partial charge in [0.05, 0.1) is 6.26 Å². The summed E-state index contributed by atoms with van der Waals surface area (Å²) in [5, 5.41) is 4.21. The lowest BCUT2D eigenvalue weighted by Crippen LogP contribution is -2.34. The Labute approximate surface area is 129 Å². The number of benzene rings is 1. The van der Waals surface area contributed by atoms with E-state index in [0.29, 0.717) is 0 Å². The normalized spacial score (nSPS) is 15.5. The molecular formula is C17H19N3O2. The molecular weight excluding hydrogens is 278 g/mol. The fourth-order valence-corrected chi connectivity index (χ4v) is 2.52. The van der Waals surface area contributed by atoms with E-state index in [0.717, 1.165) is 38.2 Å². The number of nitrogens with zero attached hydrogens (tertiary/aromatic N) is 2. The quantitative estimate of drug-likeness (QED) is 0.883. The van der Waals surface area contributed by atoms with Gasteiger partial charge in [-0.25, -0.2) is 5.43 Å². The van der Waals surface area contributed by atoms with Crippen molar-refractivity contribution in [2.24, 2.45) is 5.10 Å². The number of hydrogen-bond donors (Lipinski definition) is 1. The number of amides is 1. The van der Waals surface area contributed by atoms with Crippen LogP contribution in [-0.2, 0) is 6.54 Å². The maximum atomic E-state index is 11.7. The third-order valence-electron chi connectivity index (χ3n) is 3.74. The first kappa shape index (κ1) is 14.5. The van der Waals surface area contributed by atoms with E-state index >= 15 is 0 Å². The number of hydrazone groups is 1. The van der Waals surface area contributed by atoms with Crippen molar-refractivity contribution in [1.82, 2.24) is 10.3 Å². The van der Waals surface area contributed by atoms with Crippen molar-refractivity contribution in [2.75, 3.05) is 13.1 Å². The number of furan rings is 1.